The second-order valence-corrected chi connectivity index (χ2v) is 7.77. The van der Waals surface area contributed by atoms with Crippen LogP contribution in [0, 0.1) is 23.2 Å². The van der Waals surface area contributed by atoms with Crippen LogP contribution in [0.4, 0.5) is 0 Å². The highest BCUT2D eigenvalue weighted by Crippen LogP contribution is 2.60. The van der Waals surface area contributed by atoms with Gasteiger partial charge in [0.1, 0.15) is 11.5 Å². The fourth-order valence-corrected chi connectivity index (χ4v) is 5.74. The monoisotopic (exact) mass is 284 g/mol. The maximum Gasteiger partial charge on any atom is 0.139 e. The summed E-state index contributed by atoms with van der Waals surface area (Å²) in [5.74, 6) is 3.31. The first kappa shape index (κ1) is 13.4. The van der Waals surface area contributed by atoms with Gasteiger partial charge in [0.2, 0.25) is 0 Å². The maximum absolute atomic E-state index is 12.4. The standard InChI is InChI=1S/C19H24O2/c1-11-9-12-10-13(20)3-4-14(12)15-7-8-19(2)16(18(11)15)5-6-17(19)21/h3-4,10-11,15-16,18,20H,5-9H2,1-2H3/t11-,15-,16-,18+,19+/m0/s1. The van der Waals surface area contributed by atoms with Crippen LogP contribution < -0.4 is 0 Å². The SMILES string of the molecule is C[C@H]1Cc2cc(O)ccc2[C@@H]2CC[C@@]3(C)C(=O)CC[C@H]3[C@H]12. The summed E-state index contributed by atoms with van der Waals surface area (Å²) in [6.45, 7) is 4.57. The zero-order chi connectivity index (χ0) is 14.8. The summed E-state index contributed by atoms with van der Waals surface area (Å²) in [5, 5.41) is 9.75. The predicted molar refractivity (Wildman–Crippen MR) is 82.3 cm³/mol. The second-order valence-electron chi connectivity index (χ2n) is 7.77. The average Bonchev–Trinajstić information content (AvgIpc) is 2.74. The van der Waals surface area contributed by atoms with Gasteiger partial charge < -0.3 is 5.11 Å². The Bertz CT molecular complexity index is 606. The molecule has 2 fully saturated rings. The number of aromatic hydroxyl groups is 1. The molecule has 0 unspecified atom stereocenters. The normalized spacial score (nSPS) is 41.3. The van der Waals surface area contributed by atoms with Crippen LogP contribution in [0.15, 0.2) is 18.2 Å². The van der Waals surface area contributed by atoms with Crippen LogP contribution in [0.5, 0.6) is 5.75 Å². The molecule has 1 aromatic rings. The number of carbonyl (C=O) groups is 1. The summed E-state index contributed by atoms with van der Waals surface area (Å²) >= 11 is 0. The van der Waals surface area contributed by atoms with Gasteiger partial charge in [0, 0.05) is 11.8 Å². The Morgan fingerprint density at radius 3 is 2.90 bits per heavy atom. The van der Waals surface area contributed by atoms with E-state index in [1.807, 2.05) is 12.1 Å². The van der Waals surface area contributed by atoms with Crippen molar-refractivity contribution in [1.82, 2.24) is 0 Å². The van der Waals surface area contributed by atoms with Gasteiger partial charge in [0.15, 0.2) is 0 Å². The Morgan fingerprint density at radius 1 is 1.29 bits per heavy atom. The van der Waals surface area contributed by atoms with Gasteiger partial charge in [-0.1, -0.05) is 19.9 Å². The molecule has 0 aliphatic heterocycles. The van der Waals surface area contributed by atoms with Crippen LogP contribution in [0.25, 0.3) is 0 Å². The summed E-state index contributed by atoms with van der Waals surface area (Å²) in [6, 6.07) is 5.92. The van der Waals surface area contributed by atoms with E-state index in [1.54, 1.807) is 0 Å². The van der Waals surface area contributed by atoms with Crippen molar-refractivity contribution in [2.24, 2.45) is 23.2 Å². The number of Topliss-reactive ketones (excluding diaryl/α,β-unsaturated/α-hetero) is 1. The van der Waals surface area contributed by atoms with Gasteiger partial charge in [-0.3, -0.25) is 4.79 Å². The quantitative estimate of drug-likeness (QED) is 0.780. The second kappa shape index (κ2) is 4.34. The van der Waals surface area contributed by atoms with Crippen molar-refractivity contribution in [2.45, 2.75) is 51.9 Å². The smallest absolute Gasteiger partial charge is 0.139 e. The van der Waals surface area contributed by atoms with Crippen molar-refractivity contribution >= 4 is 5.78 Å². The minimum atomic E-state index is -0.0517. The molecule has 3 aliphatic carbocycles. The molecule has 0 amide bonds. The number of fused-ring (bicyclic) bond motifs is 5. The third-order valence-electron chi connectivity index (χ3n) is 6.77. The lowest BCUT2D eigenvalue weighted by Crippen LogP contribution is -2.45. The van der Waals surface area contributed by atoms with Crippen LogP contribution in [0.3, 0.4) is 0 Å². The first-order valence-corrected chi connectivity index (χ1v) is 8.36. The van der Waals surface area contributed by atoms with E-state index in [9.17, 15) is 9.90 Å². The van der Waals surface area contributed by atoms with Gasteiger partial charge in [-0.05, 0) is 72.6 Å². The van der Waals surface area contributed by atoms with Crippen molar-refractivity contribution in [3.05, 3.63) is 29.3 Å². The van der Waals surface area contributed by atoms with Crippen LogP contribution >= 0.6 is 0 Å². The van der Waals surface area contributed by atoms with Gasteiger partial charge >= 0.3 is 0 Å². The van der Waals surface area contributed by atoms with Crippen LogP contribution in [0.2, 0.25) is 0 Å². The topological polar surface area (TPSA) is 37.3 Å². The molecular weight excluding hydrogens is 260 g/mol. The first-order chi connectivity index (χ1) is 10.0. The Kier molecular flexibility index (Phi) is 2.76. The van der Waals surface area contributed by atoms with Crippen LogP contribution in [0.1, 0.15) is 56.6 Å². The van der Waals surface area contributed by atoms with Gasteiger partial charge in [0.25, 0.3) is 0 Å². The summed E-state index contributed by atoms with van der Waals surface area (Å²) in [5.41, 5.74) is 2.72. The molecule has 0 saturated heterocycles. The molecule has 2 nitrogen and oxygen atoms in total. The molecule has 3 aliphatic rings. The Hall–Kier alpha value is -1.31. The lowest BCUT2D eigenvalue weighted by Gasteiger charge is -2.51. The lowest BCUT2D eigenvalue weighted by molar-refractivity contribution is -0.129. The third-order valence-corrected chi connectivity index (χ3v) is 6.77. The van der Waals surface area contributed by atoms with E-state index in [1.165, 1.54) is 11.1 Å². The number of carbonyl (C=O) groups excluding carboxylic acids is 1. The van der Waals surface area contributed by atoms with Gasteiger partial charge in [-0.25, -0.2) is 0 Å². The minimum absolute atomic E-state index is 0.0517. The van der Waals surface area contributed by atoms with E-state index in [4.69, 9.17) is 0 Å². The van der Waals surface area contributed by atoms with Gasteiger partial charge in [-0.15, -0.1) is 0 Å². The molecule has 0 aromatic heterocycles. The largest absolute Gasteiger partial charge is 0.508 e. The highest BCUT2D eigenvalue weighted by molar-refractivity contribution is 5.87. The van der Waals surface area contributed by atoms with E-state index >= 15 is 0 Å². The molecule has 21 heavy (non-hydrogen) atoms. The average molecular weight is 284 g/mol. The first-order valence-electron chi connectivity index (χ1n) is 8.36. The summed E-state index contributed by atoms with van der Waals surface area (Å²) in [4.78, 5) is 12.4. The van der Waals surface area contributed by atoms with E-state index in [2.05, 4.69) is 19.9 Å². The molecular formula is C19H24O2. The molecule has 1 N–H and O–H groups in total. The van der Waals surface area contributed by atoms with E-state index in [0.717, 1.165) is 32.1 Å². The highest BCUT2D eigenvalue weighted by atomic mass is 16.3. The number of benzene rings is 1. The van der Waals surface area contributed by atoms with Crippen LogP contribution in [-0.2, 0) is 11.2 Å². The Morgan fingerprint density at radius 2 is 2.10 bits per heavy atom. The van der Waals surface area contributed by atoms with Crippen molar-refractivity contribution in [1.29, 1.82) is 0 Å². The van der Waals surface area contributed by atoms with Crippen LogP contribution in [-0.4, -0.2) is 10.9 Å². The number of phenols is 1. The van der Waals surface area contributed by atoms with Gasteiger partial charge in [0.05, 0.1) is 0 Å². The van der Waals surface area contributed by atoms with Crippen molar-refractivity contribution in [2.75, 3.05) is 0 Å². The highest BCUT2D eigenvalue weighted by Gasteiger charge is 2.56. The van der Waals surface area contributed by atoms with Crippen molar-refractivity contribution in [3.8, 4) is 5.75 Å². The number of hydrogen-bond acceptors (Lipinski definition) is 2. The molecule has 112 valence electrons. The Labute approximate surface area is 126 Å². The molecule has 4 rings (SSSR count). The molecule has 1 aromatic carbocycles. The van der Waals surface area contributed by atoms with Crippen molar-refractivity contribution < 1.29 is 9.90 Å². The summed E-state index contributed by atoms with van der Waals surface area (Å²) in [7, 11) is 0. The predicted octanol–water partition coefficient (Wildman–Crippen LogP) is 4.06. The molecule has 2 heteroatoms. The molecule has 2 saturated carbocycles. The molecule has 0 bridgehead atoms. The number of hydrogen-bond donors (Lipinski definition) is 1. The maximum atomic E-state index is 12.4. The van der Waals surface area contributed by atoms with Crippen molar-refractivity contribution in [3.63, 3.8) is 0 Å². The molecule has 0 spiro atoms. The van der Waals surface area contributed by atoms with E-state index < -0.39 is 0 Å². The minimum Gasteiger partial charge on any atom is -0.508 e. The molecule has 0 radical (unpaired) electrons. The zero-order valence-electron chi connectivity index (χ0n) is 12.9. The summed E-state index contributed by atoms with van der Waals surface area (Å²) in [6.07, 6.45) is 5.11. The van der Waals surface area contributed by atoms with Gasteiger partial charge in [-0.2, -0.15) is 0 Å². The van der Waals surface area contributed by atoms with E-state index in [0.29, 0.717) is 35.2 Å². The zero-order valence-corrected chi connectivity index (χ0v) is 12.9. The van der Waals surface area contributed by atoms with E-state index in [-0.39, 0.29) is 5.41 Å². The summed E-state index contributed by atoms with van der Waals surface area (Å²) < 4.78 is 0. The fraction of sp³-hybridized carbons (Fsp3) is 0.632. The lowest BCUT2D eigenvalue weighted by atomic mass is 9.53. The number of rotatable bonds is 0. The fourth-order valence-electron chi connectivity index (χ4n) is 5.74. The number of ketones is 1. The number of phenolic OH excluding ortho intramolecular Hbond substituents is 1. The Balaban J connectivity index is 1.77. The molecule has 0 heterocycles. The third kappa shape index (κ3) is 1.74. The molecule has 5 atom stereocenters.